The highest BCUT2D eigenvalue weighted by atomic mass is 16.5. The third-order valence-electron chi connectivity index (χ3n) is 4.11. The average molecular weight is 350 g/mol. The second-order valence-corrected chi connectivity index (χ2v) is 5.95. The van der Waals surface area contributed by atoms with Gasteiger partial charge in [-0.3, -0.25) is 9.97 Å². The number of rotatable bonds is 5. The van der Waals surface area contributed by atoms with Gasteiger partial charge in [0.05, 0.1) is 6.20 Å². The number of nitrogens with zero attached hydrogens (tertiary/aromatic N) is 2. The van der Waals surface area contributed by atoms with E-state index in [4.69, 9.17) is 14.2 Å². The summed E-state index contributed by atoms with van der Waals surface area (Å²) in [6.45, 7) is 0.665. The average Bonchev–Trinajstić information content (AvgIpc) is 2.70. The highest BCUT2D eigenvalue weighted by Crippen LogP contribution is 2.36. The van der Waals surface area contributed by atoms with E-state index in [0.717, 1.165) is 5.56 Å². The summed E-state index contributed by atoms with van der Waals surface area (Å²) in [6, 6.07) is 12.8. The highest BCUT2D eigenvalue weighted by Gasteiger charge is 2.31. The molecule has 26 heavy (non-hydrogen) atoms. The summed E-state index contributed by atoms with van der Waals surface area (Å²) in [5.74, 6) is 1.88. The van der Waals surface area contributed by atoms with E-state index in [1.54, 1.807) is 49.1 Å². The molecule has 3 heterocycles. The Balaban J connectivity index is 1.48. The van der Waals surface area contributed by atoms with Gasteiger partial charge in [0.2, 0.25) is 0 Å². The first-order valence-corrected chi connectivity index (χ1v) is 8.33. The maximum Gasteiger partial charge on any atom is 0.163 e. The quantitative estimate of drug-likeness (QED) is 0.763. The summed E-state index contributed by atoms with van der Waals surface area (Å²) in [6.07, 6.45) is 5.42. The second-order valence-electron chi connectivity index (χ2n) is 5.95. The van der Waals surface area contributed by atoms with Crippen LogP contribution < -0.4 is 14.2 Å². The molecular weight excluding hydrogens is 332 g/mol. The zero-order chi connectivity index (χ0) is 17.8. The topological polar surface area (TPSA) is 73.7 Å². The minimum absolute atomic E-state index is 0.263. The monoisotopic (exact) mass is 350 g/mol. The number of aliphatic hydroxyl groups is 1. The molecule has 0 unspecified atom stereocenters. The molecule has 1 aliphatic rings. The Bertz CT molecular complexity index is 858. The van der Waals surface area contributed by atoms with Crippen molar-refractivity contribution in [3.8, 4) is 17.2 Å². The summed E-state index contributed by atoms with van der Waals surface area (Å²) >= 11 is 0. The van der Waals surface area contributed by atoms with Gasteiger partial charge >= 0.3 is 0 Å². The van der Waals surface area contributed by atoms with E-state index in [-0.39, 0.29) is 6.61 Å². The van der Waals surface area contributed by atoms with Crippen molar-refractivity contribution in [1.82, 2.24) is 9.97 Å². The van der Waals surface area contributed by atoms with Gasteiger partial charge in [-0.2, -0.15) is 0 Å². The maximum atomic E-state index is 10.7. The van der Waals surface area contributed by atoms with Gasteiger partial charge in [0.1, 0.15) is 36.6 Å². The van der Waals surface area contributed by atoms with Crippen molar-refractivity contribution in [1.29, 1.82) is 0 Å². The Kier molecular flexibility index (Phi) is 4.66. The molecule has 0 bridgehead atoms. The minimum Gasteiger partial charge on any atom is -0.489 e. The van der Waals surface area contributed by atoms with Gasteiger partial charge in [0, 0.05) is 29.7 Å². The first kappa shape index (κ1) is 16.4. The van der Waals surface area contributed by atoms with Gasteiger partial charge in [0.15, 0.2) is 6.10 Å². The zero-order valence-corrected chi connectivity index (χ0v) is 14.0. The fourth-order valence-corrected chi connectivity index (χ4v) is 2.78. The molecule has 3 aromatic rings. The van der Waals surface area contributed by atoms with Crippen LogP contribution in [0.3, 0.4) is 0 Å². The summed E-state index contributed by atoms with van der Waals surface area (Å²) in [5.41, 5.74) is 1.62. The van der Waals surface area contributed by atoms with Crippen LogP contribution in [0.4, 0.5) is 0 Å². The lowest BCUT2D eigenvalue weighted by atomic mass is 10.0. The van der Waals surface area contributed by atoms with E-state index in [2.05, 4.69) is 9.97 Å². The Morgan fingerprint density at radius 3 is 2.65 bits per heavy atom. The summed E-state index contributed by atoms with van der Waals surface area (Å²) < 4.78 is 17.3. The van der Waals surface area contributed by atoms with Gasteiger partial charge in [-0.25, -0.2) is 0 Å². The predicted octanol–water partition coefficient (Wildman–Crippen LogP) is 2.93. The van der Waals surface area contributed by atoms with Crippen molar-refractivity contribution in [2.45, 2.75) is 18.8 Å². The number of aromatic nitrogens is 2. The number of aliphatic hydroxyl groups excluding tert-OH is 1. The second kappa shape index (κ2) is 7.41. The van der Waals surface area contributed by atoms with Gasteiger partial charge in [-0.05, 0) is 36.4 Å². The van der Waals surface area contributed by atoms with Crippen LogP contribution in [0.1, 0.15) is 17.2 Å². The van der Waals surface area contributed by atoms with Gasteiger partial charge in [-0.1, -0.05) is 6.07 Å². The van der Waals surface area contributed by atoms with Crippen molar-refractivity contribution >= 4 is 0 Å². The molecular formula is C20H18N2O4. The first-order chi connectivity index (χ1) is 12.8. The van der Waals surface area contributed by atoms with Crippen molar-refractivity contribution < 1.29 is 19.3 Å². The van der Waals surface area contributed by atoms with Crippen molar-refractivity contribution in [3.63, 3.8) is 0 Å². The normalized spacial score (nSPS) is 18.5. The zero-order valence-electron chi connectivity index (χ0n) is 14.0. The molecule has 0 saturated heterocycles. The molecule has 1 aromatic carbocycles. The standard InChI is InChI=1S/C20H18N2O4/c23-20-17-9-15(24-12-14-3-1-7-21-10-14)5-6-18(17)25-13-19(20)26-16-4-2-8-22-11-16/h1-11,19-20,23H,12-13H2/t19-,20+/m1/s1. The molecule has 0 fully saturated rings. The van der Waals surface area contributed by atoms with E-state index >= 15 is 0 Å². The number of hydrogen-bond acceptors (Lipinski definition) is 6. The molecule has 0 radical (unpaired) electrons. The molecule has 0 amide bonds. The fourth-order valence-electron chi connectivity index (χ4n) is 2.78. The van der Waals surface area contributed by atoms with Gasteiger partial charge in [0.25, 0.3) is 0 Å². The fraction of sp³-hybridized carbons (Fsp3) is 0.200. The number of ether oxygens (including phenoxy) is 3. The number of fused-ring (bicyclic) bond motifs is 1. The van der Waals surface area contributed by atoms with Gasteiger partial charge < -0.3 is 19.3 Å². The van der Waals surface area contributed by atoms with Crippen molar-refractivity contribution in [3.05, 3.63) is 78.4 Å². The van der Waals surface area contributed by atoms with Crippen molar-refractivity contribution in [2.75, 3.05) is 6.61 Å². The molecule has 6 heteroatoms. The van der Waals surface area contributed by atoms with Crippen LogP contribution >= 0.6 is 0 Å². The number of hydrogen-bond donors (Lipinski definition) is 1. The lowest BCUT2D eigenvalue weighted by Crippen LogP contribution is -2.35. The molecule has 2 atom stereocenters. The van der Waals surface area contributed by atoms with Crippen LogP contribution in [-0.2, 0) is 6.61 Å². The lowest BCUT2D eigenvalue weighted by Gasteiger charge is -2.30. The van der Waals surface area contributed by atoms with E-state index in [1.807, 2.05) is 18.2 Å². The molecule has 6 nitrogen and oxygen atoms in total. The molecule has 1 aliphatic heterocycles. The van der Waals surface area contributed by atoms with E-state index in [9.17, 15) is 5.11 Å². The third kappa shape index (κ3) is 3.60. The summed E-state index contributed by atoms with van der Waals surface area (Å²) in [4.78, 5) is 8.08. The van der Waals surface area contributed by atoms with Crippen LogP contribution in [0.15, 0.2) is 67.3 Å². The largest absolute Gasteiger partial charge is 0.489 e. The van der Waals surface area contributed by atoms with Gasteiger partial charge in [-0.15, -0.1) is 0 Å². The summed E-state index contributed by atoms with van der Waals surface area (Å²) in [7, 11) is 0. The molecule has 0 aliphatic carbocycles. The highest BCUT2D eigenvalue weighted by molar-refractivity contribution is 5.43. The van der Waals surface area contributed by atoms with Crippen LogP contribution in [0, 0.1) is 0 Å². The Morgan fingerprint density at radius 2 is 1.88 bits per heavy atom. The molecule has 2 aromatic heterocycles. The molecule has 0 spiro atoms. The van der Waals surface area contributed by atoms with Crippen LogP contribution in [0.5, 0.6) is 17.2 Å². The molecule has 1 N–H and O–H groups in total. The van der Waals surface area contributed by atoms with E-state index < -0.39 is 12.2 Å². The lowest BCUT2D eigenvalue weighted by molar-refractivity contribution is -0.0106. The van der Waals surface area contributed by atoms with E-state index in [0.29, 0.717) is 29.4 Å². The Hall–Kier alpha value is -3.12. The number of pyridine rings is 2. The maximum absolute atomic E-state index is 10.7. The first-order valence-electron chi connectivity index (χ1n) is 8.33. The molecule has 4 rings (SSSR count). The number of benzene rings is 1. The smallest absolute Gasteiger partial charge is 0.163 e. The third-order valence-corrected chi connectivity index (χ3v) is 4.11. The predicted molar refractivity (Wildman–Crippen MR) is 94.1 cm³/mol. The minimum atomic E-state index is -0.819. The SMILES string of the molecule is O[C@H]1c2cc(OCc3cccnc3)ccc2OC[C@H]1Oc1cccnc1. The van der Waals surface area contributed by atoms with Crippen molar-refractivity contribution in [2.24, 2.45) is 0 Å². The van der Waals surface area contributed by atoms with Crippen LogP contribution in [0.25, 0.3) is 0 Å². The van der Waals surface area contributed by atoms with Crippen LogP contribution in [-0.4, -0.2) is 27.8 Å². The Labute approximate surface area is 151 Å². The van der Waals surface area contributed by atoms with Crippen LogP contribution in [0.2, 0.25) is 0 Å². The Morgan fingerprint density at radius 1 is 1.04 bits per heavy atom. The summed E-state index contributed by atoms with van der Waals surface area (Å²) in [5, 5.41) is 10.7. The van der Waals surface area contributed by atoms with E-state index in [1.165, 1.54) is 0 Å². The molecule has 132 valence electrons. The molecule has 0 saturated carbocycles.